The van der Waals surface area contributed by atoms with Crippen LogP contribution in [0.3, 0.4) is 0 Å². The molecule has 2 aliphatic heterocycles. The van der Waals surface area contributed by atoms with Crippen LogP contribution in [0.5, 0.6) is 0 Å². The average molecular weight is 321 g/mol. The molecule has 0 radical (unpaired) electrons. The molecule has 0 spiro atoms. The van der Waals surface area contributed by atoms with Gasteiger partial charge in [0.2, 0.25) is 0 Å². The van der Waals surface area contributed by atoms with E-state index in [-0.39, 0.29) is 22.4 Å². The van der Waals surface area contributed by atoms with E-state index in [4.69, 9.17) is 9.47 Å². The van der Waals surface area contributed by atoms with Crippen LogP contribution >= 0.6 is 23.5 Å². The summed E-state index contributed by atoms with van der Waals surface area (Å²) in [5.41, 5.74) is 0. The van der Waals surface area contributed by atoms with Gasteiger partial charge in [-0.3, -0.25) is 0 Å². The summed E-state index contributed by atoms with van der Waals surface area (Å²) in [6, 6.07) is 0. The van der Waals surface area contributed by atoms with E-state index in [1.165, 1.54) is 24.3 Å². The minimum atomic E-state index is -0.265. The third-order valence-electron chi connectivity index (χ3n) is 4.29. The van der Waals surface area contributed by atoms with Crippen molar-refractivity contribution >= 4 is 23.5 Å². The Kier molecular flexibility index (Phi) is 7.01. The van der Waals surface area contributed by atoms with Gasteiger partial charge in [-0.1, -0.05) is 6.92 Å². The van der Waals surface area contributed by atoms with Gasteiger partial charge in [0.15, 0.2) is 6.29 Å². The molecule has 0 saturated carbocycles. The van der Waals surface area contributed by atoms with Crippen LogP contribution in [-0.4, -0.2) is 46.3 Å². The zero-order chi connectivity index (χ0) is 14.4. The first-order valence-corrected chi connectivity index (χ1v) is 9.80. The third kappa shape index (κ3) is 4.54. The van der Waals surface area contributed by atoms with Gasteiger partial charge >= 0.3 is 0 Å². The summed E-state index contributed by atoms with van der Waals surface area (Å²) >= 11 is 4.03. The molecule has 2 unspecified atom stereocenters. The van der Waals surface area contributed by atoms with Crippen LogP contribution in [0.2, 0.25) is 0 Å². The molecule has 3 nitrogen and oxygen atoms in total. The van der Waals surface area contributed by atoms with Gasteiger partial charge < -0.3 is 14.6 Å². The highest BCUT2D eigenvalue weighted by Crippen LogP contribution is 2.50. The predicted molar refractivity (Wildman–Crippen MR) is 87.3 cm³/mol. The topological polar surface area (TPSA) is 38.7 Å². The largest absolute Gasteiger partial charge is 0.393 e. The number of aliphatic hydroxyl groups excluding tert-OH is 1. The van der Waals surface area contributed by atoms with Crippen molar-refractivity contribution in [1.29, 1.82) is 0 Å². The van der Waals surface area contributed by atoms with Crippen LogP contribution in [0.25, 0.3) is 0 Å². The molecule has 0 aliphatic carbocycles. The zero-order valence-electron chi connectivity index (χ0n) is 12.7. The molecule has 0 aromatic rings. The summed E-state index contributed by atoms with van der Waals surface area (Å²) in [6.07, 6.45) is 5.40. The molecule has 2 saturated heterocycles. The quantitative estimate of drug-likeness (QED) is 0.811. The van der Waals surface area contributed by atoms with Crippen LogP contribution in [0.15, 0.2) is 0 Å². The van der Waals surface area contributed by atoms with Crippen LogP contribution in [-0.2, 0) is 9.47 Å². The van der Waals surface area contributed by atoms with Crippen LogP contribution in [0, 0.1) is 5.92 Å². The Balaban J connectivity index is 1.83. The van der Waals surface area contributed by atoms with Crippen molar-refractivity contribution in [3.8, 4) is 0 Å². The molecule has 2 rings (SSSR count). The van der Waals surface area contributed by atoms with Gasteiger partial charge in [0.25, 0.3) is 0 Å². The molecule has 20 heavy (non-hydrogen) atoms. The minimum Gasteiger partial charge on any atom is -0.393 e. The number of aliphatic hydroxyl groups is 1. The molecule has 0 amide bonds. The molecule has 2 heterocycles. The fourth-order valence-corrected chi connectivity index (χ4v) is 6.43. The molecule has 3 atom stereocenters. The summed E-state index contributed by atoms with van der Waals surface area (Å²) in [5.74, 6) is 2.68. The summed E-state index contributed by atoms with van der Waals surface area (Å²) in [6.45, 7) is 5.66. The summed E-state index contributed by atoms with van der Waals surface area (Å²) in [4.78, 5) is 0. The SMILES string of the molecule is CC(O)[C@@H](C)C1(CCOC2CCCCO2)SCCCS1. The van der Waals surface area contributed by atoms with Crippen molar-refractivity contribution in [2.45, 2.75) is 62.4 Å². The smallest absolute Gasteiger partial charge is 0.157 e. The van der Waals surface area contributed by atoms with Crippen LogP contribution in [0.1, 0.15) is 46.0 Å². The fraction of sp³-hybridized carbons (Fsp3) is 1.00. The van der Waals surface area contributed by atoms with E-state index < -0.39 is 0 Å². The Morgan fingerprint density at radius 3 is 2.60 bits per heavy atom. The highest BCUT2D eigenvalue weighted by Gasteiger charge is 2.41. The molecule has 2 aliphatic rings. The van der Waals surface area contributed by atoms with Crippen molar-refractivity contribution in [2.24, 2.45) is 5.92 Å². The lowest BCUT2D eigenvalue weighted by Crippen LogP contribution is -2.40. The second-order valence-electron chi connectivity index (χ2n) is 5.81. The van der Waals surface area contributed by atoms with E-state index >= 15 is 0 Å². The maximum atomic E-state index is 9.99. The molecule has 0 bridgehead atoms. The lowest BCUT2D eigenvalue weighted by Gasteiger charge is -2.42. The van der Waals surface area contributed by atoms with E-state index in [1.54, 1.807) is 0 Å². The Bertz CT molecular complexity index is 274. The molecule has 5 heteroatoms. The van der Waals surface area contributed by atoms with Crippen molar-refractivity contribution in [2.75, 3.05) is 24.7 Å². The second kappa shape index (κ2) is 8.28. The van der Waals surface area contributed by atoms with Gasteiger partial charge in [-0.2, -0.15) is 0 Å². The molecule has 1 N–H and O–H groups in total. The van der Waals surface area contributed by atoms with E-state index in [1.807, 2.05) is 30.4 Å². The minimum absolute atomic E-state index is 0.00115. The normalized spacial score (nSPS) is 29.9. The van der Waals surface area contributed by atoms with Crippen molar-refractivity contribution in [3.63, 3.8) is 0 Å². The predicted octanol–water partition coefficient (Wildman–Crippen LogP) is 3.50. The highest BCUT2D eigenvalue weighted by molar-refractivity contribution is 8.18. The molecule has 2 fully saturated rings. The number of thioether (sulfide) groups is 2. The number of ether oxygens (including phenoxy) is 2. The van der Waals surface area contributed by atoms with Gasteiger partial charge in [-0.25, -0.2) is 0 Å². The summed E-state index contributed by atoms with van der Waals surface area (Å²) in [5, 5.41) is 9.99. The fourth-order valence-electron chi connectivity index (χ4n) is 2.77. The molecule has 0 aromatic carbocycles. The molecule has 118 valence electrons. The van der Waals surface area contributed by atoms with E-state index in [0.29, 0.717) is 0 Å². The summed E-state index contributed by atoms with van der Waals surface area (Å²) < 4.78 is 11.6. The molecular formula is C15H28O3S2. The number of rotatable bonds is 6. The van der Waals surface area contributed by atoms with Gasteiger partial charge in [-0.05, 0) is 50.5 Å². The Morgan fingerprint density at radius 1 is 1.25 bits per heavy atom. The first-order chi connectivity index (χ1) is 9.64. The van der Waals surface area contributed by atoms with Crippen molar-refractivity contribution in [1.82, 2.24) is 0 Å². The lowest BCUT2D eigenvalue weighted by atomic mass is 9.99. The maximum Gasteiger partial charge on any atom is 0.157 e. The van der Waals surface area contributed by atoms with Crippen LogP contribution in [0.4, 0.5) is 0 Å². The average Bonchev–Trinajstić information content (AvgIpc) is 2.48. The lowest BCUT2D eigenvalue weighted by molar-refractivity contribution is -0.163. The molecular weight excluding hydrogens is 292 g/mol. The van der Waals surface area contributed by atoms with Gasteiger partial charge in [0.05, 0.1) is 16.8 Å². The zero-order valence-corrected chi connectivity index (χ0v) is 14.3. The van der Waals surface area contributed by atoms with Crippen molar-refractivity contribution in [3.05, 3.63) is 0 Å². The number of hydrogen-bond donors (Lipinski definition) is 1. The summed E-state index contributed by atoms with van der Waals surface area (Å²) in [7, 11) is 0. The highest BCUT2D eigenvalue weighted by atomic mass is 32.2. The Morgan fingerprint density at radius 2 is 2.00 bits per heavy atom. The van der Waals surface area contributed by atoms with Gasteiger partial charge in [0, 0.05) is 12.5 Å². The van der Waals surface area contributed by atoms with E-state index in [2.05, 4.69) is 6.92 Å². The number of hydrogen-bond acceptors (Lipinski definition) is 5. The van der Waals surface area contributed by atoms with Crippen LogP contribution < -0.4 is 0 Å². The first kappa shape index (κ1) is 16.9. The molecule has 0 aromatic heterocycles. The monoisotopic (exact) mass is 320 g/mol. The second-order valence-corrected chi connectivity index (χ2v) is 8.92. The maximum absolute atomic E-state index is 9.99. The Hall–Kier alpha value is 0.580. The van der Waals surface area contributed by atoms with Gasteiger partial charge in [-0.15, -0.1) is 23.5 Å². The third-order valence-corrected chi connectivity index (χ3v) is 8.11. The first-order valence-electron chi connectivity index (χ1n) is 7.83. The van der Waals surface area contributed by atoms with E-state index in [0.717, 1.165) is 32.5 Å². The van der Waals surface area contributed by atoms with Crippen molar-refractivity contribution < 1.29 is 14.6 Å². The Labute approximate surface area is 131 Å². The van der Waals surface area contributed by atoms with Gasteiger partial charge in [0.1, 0.15) is 0 Å². The standard InChI is InChI=1S/C15H28O3S2/c1-12(13(2)16)15(19-10-5-11-20-15)7-9-18-14-6-3-4-8-17-14/h12-14,16H,3-11H2,1-2H3/t12-,13?,14?/m1/s1. The van der Waals surface area contributed by atoms with E-state index in [9.17, 15) is 5.11 Å².